The van der Waals surface area contributed by atoms with Gasteiger partial charge in [-0.25, -0.2) is 4.39 Å². The molecule has 5 heteroatoms. The summed E-state index contributed by atoms with van der Waals surface area (Å²) in [5.41, 5.74) is 6.31. The zero-order valence-corrected chi connectivity index (χ0v) is 11.0. The van der Waals surface area contributed by atoms with Crippen LogP contribution >= 0.6 is 0 Å². The molecular weight excluding hydrogens is 259 g/mol. The minimum absolute atomic E-state index is 0.174. The van der Waals surface area contributed by atoms with E-state index >= 15 is 0 Å². The SMILES string of the molecule is COc1cccc(OCc2cc(F)cc(C(=N)N)c2)c1. The van der Waals surface area contributed by atoms with Gasteiger partial charge in [-0.3, -0.25) is 5.41 Å². The van der Waals surface area contributed by atoms with Crippen molar-refractivity contribution in [2.45, 2.75) is 6.61 Å². The van der Waals surface area contributed by atoms with Gasteiger partial charge in [-0.05, 0) is 35.9 Å². The first kappa shape index (κ1) is 13.9. The average molecular weight is 274 g/mol. The molecule has 0 amide bonds. The van der Waals surface area contributed by atoms with Gasteiger partial charge in [0.15, 0.2) is 0 Å². The number of nitrogens with one attached hydrogen (secondary N) is 1. The highest BCUT2D eigenvalue weighted by Gasteiger charge is 2.04. The fraction of sp³-hybridized carbons (Fsp3) is 0.133. The first-order chi connectivity index (χ1) is 9.58. The van der Waals surface area contributed by atoms with Gasteiger partial charge >= 0.3 is 0 Å². The van der Waals surface area contributed by atoms with E-state index in [2.05, 4.69) is 0 Å². The Hall–Kier alpha value is -2.56. The molecule has 3 N–H and O–H groups in total. The van der Waals surface area contributed by atoms with Crippen LogP contribution in [0.2, 0.25) is 0 Å². The van der Waals surface area contributed by atoms with Crippen molar-refractivity contribution >= 4 is 5.84 Å². The maximum atomic E-state index is 13.4. The average Bonchev–Trinajstić information content (AvgIpc) is 2.44. The van der Waals surface area contributed by atoms with E-state index in [1.54, 1.807) is 31.4 Å². The standard InChI is InChI=1S/C15H15FN2O2/c1-19-13-3-2-4-14(8-13)20-9-10-5-11(15(17)18)7-12(16)6-10/h2-8H,9H2,1H3,(H3,17,18). The maximum absolute atomic E-state index is 13.4. The molecule has 0 aliphatic heterocycles. The summed E-state index contributed by atoms with van der Waals surface area (Å²) in [5, 5.41) is 7.33. The lowest BCUT2D eigenvalue weighted by molar-refractivity contribution is 0.303. The number of amidine groups is 1. The van der Waals surface area contributed by atoms with Crippen LogP contribution in [0.5, 0.6) is 11.5 Å². The molecule has 2 aromatic carbocycles. The number of hydrogen-bond donors (Lipinski definition) is 2. The van der Waals surface area contributed by atoms with E-state index in [0.717, 1.165) is 0 Å². The van der Waals surface area contributed by atoms with E-state index in [4.69, 9.17) is 20.6 Å². The van der Waals surface area contributed by atoms with Crippen molar-refractivity contribution in [1.29, 1.82) is 5.41 Å². The number of nitrogen functional groups attached to an aromatic ring is 1. The van der Waals surface area contributed by atoms with Gasteiger partial charge in [0, 0.05) is 11.6 Å². The Bertz CT molecular complexity index is 629. The molecule has 0 radical (unpaired) electrons. The zero-order chi connectivity index (χ0) is 14.5. The molecule has 104 valence electrons. The van der Waals surface area contributed by atoms with Crippen LogP contribution in [0.15, 0.2) is 42.5 Å². The maximum Gasteiger partial charge on any atom is 0.124 e. The summed E-state index contributed by atoms with van der Waals surface area (Å²) < 4.78 is 24.1. The van der Waals surface area contributed by atoms with Gasteiger partial charge < -0.3 is 15.2 Å². The zero-order valence-electron chi connectivity index (χ0n) is 11.0. The van der Waals surface area contributed by atoms with Gasteiger partial charge in [0.2, 0.25) is 0 Å². The lowest BCUT2D eigenvalue weighted by Crippen LogP contribution is -2.12. The fourth-order valence-electron chi connectivity index (χ4n) is 1.75. The molecule has 2 rings (SSSR count). The van der Waals surface area contributed by atoms with Crippen LogP contribution in [-0.2, 0) is 6.61 Å². The molecule has 0 spiro atoms. The summed E-state index contributed by atoms with van der Waals surface area (Å²) in [6.07, 6.45) is 0. The topological polar surface area (TPSA) is 68.3 Å². The van der Waals surface area contributed by atoms with Gasteiger partial charge in [0.1, 0.15) is 29.8 Å². The van der Waals surface area contributed by atoms with Crippen molar-refractivity contribution < 1.29 is 13.9 Å². The fourth-order valence-corrected chi connectivity index (χ4v) is 1.75. The molecule has 20 heavy (non-hydrogen) atoms. The van der Waals surface area contributed by atoms with Crippen molar-refractivity contribution in [3.05, 3.63) is 59.4 Å². The predicted molar refractivity (Wildman–Crippen MR) is 74.7 cm³/mol. The highest BCUT2D eigenvalue weighted by Crippen LogP contribution is 2.20. The number of ether oxygens (including phenoxy) is 2. The minimum Gasteiger partial charge on any atom is -0.497 e. The number of hydrogen-bond acceptors (Lipinski definition) is 3. The summed E-state index contributed by atoms with van der Waals surface area (Å²) in [6, 6.07) is 11.3. The Morgan fingerprint density at radius 1 is 1.20 bits per heavy atom. The molecule has 0 saturated heterocycles. The van der Waals surface area contributed by atoms with E-state index in [0.29, 0.717) is 22.6 Å². The van der Waals surface area contributed by atoms with Crippen molar-refractivity contribution in [2.75, 3.05) is 7.11 Å². The number of rotatable bonds is 5. The second kappa shape index (κ2) is 6.06. The molecule has 0 heterocycles. The van der Waals surface area contributed by atoms with Crippen molar-refractivity contribution in [1.82, 2.24) is 0 Å². The Balaban J connectivity index is 2.12. The third kappa shape index (κ3) is 3.47. The monoisotopic (exact) mass is 274 g/mol. The van der Waals surface area contributed by atoms with Crippen LogP contribution in [0, 0.1) is 11.2 Å². The molecule has 0 atom stereocenters. The summed E-state index contributed by atoms with van der Waals surface area (Å²) in [6.45, 7) is 0.186. The second-order valence-electron chi connectivity index (χ2n) is 4.23. The number of benzene rings is 2. The predicted octanol–water partition coefficient (Wildman–Crippen LogP) is 2.70. The molecule has 0 aliphatic carbocycles. The van der Waals surface area contributed by atoms with Gasteiger partial charge in [-0.15, -0.1) is 0 Å². The molecule has 0 aromatic heterocycles. The first-order valence-electron chi connectivity index (χ1n) is 5.99. The van der Waals surface area contributed by atoms with Crippen LogP contribution in [0.1, 0.15) is 11.1 Å². The second-order valence-corrected chi connectivity index (χ2v) is 4.23. The summed E-state index contributed by atoms with van der Waals surface area (Å²) in [4.78, 5) is 0. The molecule has 4 nitrogen and oxygen atoms in total. The third-order valence-corrected chi connectivity index (χ3v) is 2.72. The van der Waals surface area contributed by atoms with E-state index in [-0.39, 0.29) is 12.4 Å². The Morgan fingerprint density at radius 2 is 1.95 bits per heavy atom. The minimum atomic E-state index is -0.443. The molecule has 0 fully saturated rings. The van der Waals surface area contributed by atoms with Gasteiger partial charge in [0.05, 0.1) is 7.11 Å². The van der Waals surface area contributed by atoms with E-state index < -0.39 is 5.82 Å². The van der Waals surface area contributed by atoms with Crippen LogP contribution in [0.25, 0.3) is 0 Å². The largest absolute Gasteiger partial charge is 0.497 e. The van der Waals surface area contributed by atoms with E-state index in [1.807, 2.05) is 6.07 Å². The number of methoxy groups -OCH3 is 1. The molecule has 0 aliphatic rings. The quantitative estimate of drug-likeness (QED) is 0.650. The Morgan fingerprint density at radius 3 is 2.65 bits per heavy atom. The van der Waals surface area contributed by atoms with Gasteiger partial charge in [-0.2, -0.15) is 0 Å². The lowest BCUT2D eigenvalue weighted by atomic mass is 10.1. The Kier molecular flexibility index (Phi) is 4.20. The smallest absolute Gasteiger partial charge is 0.124 e. The molecule has 0 unspecified atom stereocenters. The van der Waals surface area contributed by atoms with Crippen LogP contribution < -0.4 is 15.2 Å². The van der Waals surface area contributed by atoms with Gasteiger partial charge in [0.25, 0.3) is 0 Å². The van der Waals surface area contributed by atoms with Crippen molar-refractivity contribution in [2.24, 2.45) is 5.73 Å². The van der Waals surface area contributed by atoms with E-state index in [1.165, 1.54) is 12.1 Å². The summed E-state index contributed by atoms with van der Waals surface area (Å²) in [5.74, 6) is 0.693. The molecule has 2 aromatic rings. The van der Waals surface area contributed by atoms with Crippen LogP contribution in [0.4, 0.5) is 4.39 Å². The number of halogens is 1. The Labute approximate surface area is 116 Å². The summed E-state index contributed by atoms with van der Waals surface area (Å²) in [7, 11) is 1.57. The van der Waals surface area contributed by atoms with Crippen LogP contribution in [-0.4, -0.2) is 12.9 Å². The highest BCUT2D eigenvalue weighted by molar-refractivity contribution is 5.95. The third-order valence-electron chi connectivity index (χ3n) is 2.72. The lowest BCUT2D eigenvalue weighted by Gasteiger charge is -2.09. The molecule has 0 bridgehead atoms. The number of nitrogens with two attached hydrogens (primary N) is 1. The van der Waals surface area contributed by atoms with Crippen molar-refractivity contribution in [3.63, 3.8) is 0 Å². The first-order valence-corrected chi connectivity index (χ1v) is 5.99. The summed E-state index contributed by atoms with van der Waals surface area (Å²) >= 11 is 0. The highest BCUT2D eigenvalue weighted by atomic mass is 19.1. The van der Waals surface area contributed by atoms with Crippen LogP contribution in [0.3, 0.4) is 0 Å². The van der Waals surface area contributed by atoms with Gasteiger partial charge in [-0.1, -0.05) is 6.07 Å². The molecular formula is C15H15FN2O2. The van der Waals surface area contributed by atoms with Crippen molar-refractivity contribution in [3.8, 4) is 11.5 Å². The van der Waals surface area contributed by atoms with E-state index in [9.17, 15) is 4.39 Å². The normalized spacial score (nSPS) is 10.1. The molecule has 0 saturated carbocycles.